The van der Waals surface area contributed by atoms with E-state index >= 15 is 0 Å². The van der Waals surface area contributed by atoms with Gasteiger partial charge in [0, 0.05) is 19.4 Å². The summed E-state index contributed by atoms with van der Waals surface area (Å²) in [6, 6.07) is 0. The van der Waals surface area contributed by atoms with Crippen LogP contribution in [-0.2, 0) is 10.3 Å². The van der Waals surface area contributed by atoms with Crippen molar-refractivity contribution in [3.63, 3.8) is 0 Å². The first-order chi connectivity index (χ1) is 7.36. The van der Waals surface area contributed by atoms with Gasteiger partial charge in [-0.15, -0.1) is 0 Å². The highest BCUT2D eigenvalue weighted by molar-refractivity contribution is 5.79. The van der Waals surface area contributed by atoms with Crippen molar-refractivity contribution in [3.8, 4) is 0 Å². The van der Waals surface area contributed by atoms with Gasteiger partial charge in [0.15, 0.2) is 5.82 Å². The van der Waals surface area contributed by atoms with E-state index in [0.29, 0.717) is 18.3 Å². The van der Waals surface area contributed by atoms with Crippen LogP contribution in [0.15, 0.2) is 4.52 Å². The van der Waals surface area contributed by atoms with Crippen LogP contribution in [0.25, 0.3) is 0 Å². The van der Waals surface area contributed by atoms with Gasteiger partial charge < -0.3 is 15.6 Å². The highest BCUT2D eigenvalue weighted by Gasteiger charge is 2.29. The lowest BCUT2D eigenvalue weighted by molar-refractivity contribution is -0.126. The lowest BCUT2D eigenvalue weighted by Gasteiger charge is -2.24. The van der Waals surface area contributed by atoms with Crippen LogP contribution >= 0.6 is 0 Å². The van der Waals surface area contributed by atoms with Gasteiger partial charge in [0.2, 0.25) is 11.8 Å². The fourth-order valence-corrected chi connectivity index (χ4v) is 1.15. The monoisotopic (exact) mass is 226 g/mol. The molecule has 0 aliphatic heterocycles. The summed E-state index contributed by atoms with van der Waals surface area (Å²) in [5, 5.41) is 6.63. The molecule has 1 unspecified atom stereocenters. The molecule has 3 N–H and O–H groups in total. The molecule has 6 heteroatoms. The third-order valence-corrected chi connectivity index (χ3v) is 2.32. The average Bonchev–Trinajstić information content (AvgIpc) is 2.63. The smallest absolute Gasteiger partial charge is 0.224 e. The molecule has 1 amide bonds. The summed E-state index contributed by atoms with van der Waals surface area (Å²) in [5.41, 5.74) is 4.77. The zero-order valence-electron chi connectivity index (χ0n) is 10.1. The van der Waals surface area contributed by atoms with E-state index in [4.69, 9.17) is 10.3 Å². The fraction of sp³-hybridized carbons (Fsp3) is 0.700. The van der Waals surface area contributed by atoms with E-state index in [9.17, 15) is 4.79 Å². The van der Waals surface area contributed by atoms with Crippen molar-refractivity contribution in [1.82, 2.24) is 15.5 Å². The number of aryl methyl sites for hydroxylation is 1. The molecule has 0 aliphatic rings. The second-order valence-electron chi connectivity index (χ2n) is 4.39. The molecule has 1 heterocycles. The molecule has 0 fully saturated rings. The topological polar surface area (TPSA) is 94.0 Å². The van der Waals surface area contributed by atoms with E-state index < -0.39 is 5.54 Å². The minimum absolute atomic E-state index is 0.116. The Hall–Kier alpha value is -1.43. The third-order valence-electron chi connectivity index (χ3n) is 2.32. The van der Waals surface area contributed by atoms with E-state index in [1.54, 1.807) is 13.8 Å². The molecule has 1 aromatic rings. The summed E-state index contributed by atoms with van der Waals surface area (Å²) < 4.78 is 4.88. The summed E-state index contributed by atoms with van der Waals surface area (Å²) in [5.74, 6) is 0.592. The second-order valence-corrected chi connectivity index (χ2v) is 4.39. The van der Waals surface area contributed by atoms with E-state index in [1.165, 1.54) is 0 Å². The molecule has 6 nitrogen and oxygen atoms in total. The Bertz CT molecular complexity index is 373. The maximum Gasteiger partial charge on any atom is 0.224 e. The van der Waals surface area contributed by atoms with Crippen LogP contribution in [0.4, 0.5) is 0 Å². The molecule has 0 saturated heterocycles. The van der Waals surface area contributed by atoms with Gasteiger partial charge in [-0.05, 0) is 13.8 Å². The predicted octanol–water partition coefficient (Wildman–Crippen LogP) is 0.324. The standard InChI is InChI=1S/C10H18N4O2/c1-6(5-11)8(15)13-10(3,4)9-12-7(2)16-14-9/h6H,5,11H2,1-4H3,(H,13,15). The minimum Gasteiger partial charge on any atom is -0.344 e. The third kappa shape index (κ3) is 2.79. The number of hydrogen-bond acceptors (Lipinski definition) is 5. The van der Waals surface area contributed by atoms with E-state index in [-0.39, 0.29) is 11.8 Å². The number of nitrogens with zero attached hydrogens (tertiary/aromatic N) is 2. The molecule has 0 spiro atoms. The van der Waals surface area contributed by atoms with Gasteiger partial charge in [-0.2, -0.15) is 4.98 Å². The average molecular weight is 226 g/mol. The SMILES string of the molecule is Cc1nc(C(C)(C)NC(=O)C(C)CN)no1. The maximum absolute atomic E-state index is 11.7. The fourth-order valence-electron chi connectivity index (χ4n) is 1.15. The zero-order chi connectivity index (χ0) is 12.3. The Balaban J connectivity index is 2.75. The summed E-state index contributed by atoms with van der Waals surface area (Å²) in [4.78, 5) is 15.8. The zero-order valence-corrected chi connectivity index (χ0v) is 10.1. The van der Waals surface area contributed by atoms with Crippen LogP contribution in [0.1, 0.15) is 32.5 Å². The molecule has 0 radical (unpaired) electrons. The Morgan fingerprint density at radius 2 is 2.25 bits per heavy atom. The molecule has 0 aromatic carbocycles. The van der Waals surface area contributed by atoms with Gasteiger partial charge in [-0.25, -0.2) is 0 Å². The molecule has 16 heavy (non-hydrogen) atoms. The molecule has 1 aromatic heterocycles. The number of hydrogen-bond donors (Lipinski definition) is 2. The highest BCUT2D eigenvalue weighted by Crippen LogP contribution is 2.16. The van der Waals surface area contributed by atoms with Crippen LogP contribution < -0.4 is 11.1 Å². The largest absolute Gasteiger partial charge is 0.344 e. The maximum atomic E-state index is 11.7. The number of rotatable bonds is 4. The van der Waals surface area contributed by atoms with Crippen LogP contribution in [0, 0.1) is 12.8 Å². The lowest BCUT2D eigenvalue weighted by atomic mass is 10.0. The second kappa shape index (κ2) is 4.61. The lowest BCUT2D eigenvalue weighted by Crippen LogP contribution is -2.45. The Morgan fingerprint density at radius 1 is 1.62 bits per heavy atom. The molecular formula is C10H18N4O2. The van der Waals surface area contributed by atoms with E-state index in [0.717, 1.165) is 0 Å². The van der Waals surface area contributed by atoms with Crippen molar-refractivity contribution in [2.45, 2.75) is 33.2 Å². The number of aromatic nitrogens is 2. The Morgan fingerprint density at radius 3 is 2.69 bits per heavy atom. The normalized spacial score (nSPS) is 13.6. The molecule has 1 atom stereocenters. The first-order valence-corrected chi connectivity index (χ1v) is 5.19. The van der Waals surface area contributed by atoms with Crippen LogP contribution in [-0.4, -0.2) is 22.6 Å². The van der Waals surface area contributed by atoms with Crippen molar-refractivity contribution in [1.29, 1.82) is 0 Å². The van der Waals surface area contributed by atoms with Crippen molar-refractivity contribution in [2.75, 3.05) is 6.54 Å². The first-order valence-electron chi connectivity index (χ1n) is 5.19. The van der Waals surface area contributed by atoms with Crippen molar-refractivity contribution in [2.24, 2.45) is 11.7 Å². The Labute approximate surface area is 94.6 Å². The highest BCUT2D eigenvalue weighted by atomic mass is 16.5. The summed E-state index contributed by atoms with van der Waals surface area (Å²) in [6.07, 6.45) is 0. The minimum atomic E-state index is -0.654. The van der Waals surface area contributed by atoms with E-state index in [1.807, 2.05) is 13.8 Å². The predicted molar refractivity (Wildman–Crippen MR) is 58.4 cm³/mol. The molecule has 0 aliphatic carbocycles. The number of amides is 1. The van der Waals surface area contributed by atoms with Crippen molar-refractivity contribution in [3.05, 3.63) is 11.7 Å². The number of nitrogens with one attached hydrogen (secondary N) is 1. The first kappa shape index (κ1) is 12.6. The van der Waals surface area contributed by atoms with Crippen molar-refractivity contribution < 1.29 is 9.32 Å². The molecule has 90 valence electrons. The molecule has 0 saturated carbocycles. The number of nitrogens with two attached hydrogens (primary N) is 1. The number of carbonyl (C=O) groups excluding carboxylic acids is 1. The summed E-state index contributed by atoms with van der Waals surface area (Å²) in [7, 11) is 0. The molecule has 0 bridgehead atoms. The van der Waals surface area contributed by atoms with Crippen molar-refractivity contribution >= 4 is 5.91 Å². The van der Waals surface area contributed by atoms with Gasteiger partial charge in [0.05, 0.1) is 5.54 Å². The van der Waals surface area contributed by atoms with Gasteiger partial charge in [-0.1, -0.05) is 12.1 Å². The molecular weight excluding hydrogens is 208 g/mol. The summed E-state index contributed by atoms with van der Waals surface area (Å²) in [6.45, 7) is 7.42. The van der Waals surface area contributed by atoms with Gasteiger partial charge in [0.25, 0.3) is 0 Å². The number of carbonyl (C=O) groups is 1. The van der Waals surface area contributed by atoms with Gasteiger partial charge in [0.1, 0.15) is 0 Å². The Kier molecular flexibility index (Phi) is 3.64. The quantitative estimate of drug-likeness (QED) is 0.771. The summed E-state index contributed by atoms with van der Waals surface area (Å²) >= 11 is 0. The molecule has 1 rings (SSSR count). The van der Waals surface area contributed by atoms with E-state index in [2.05, 4.69) is 15.5 Å². The van der Waals surface area contributed by atoms with Crippen LogP contribution in [0.2, 0.25) is 0 Å². The van der Waals surface area contributed by atoms with Crippen LogP contribution in [0.5, 0.6) is 0 Å². The van der Waals surface area contributed by atoms with Crippen LogP contribution in [0.3, 0.4) is 0 Å². The van der Waals surface area contributed by atoms with Gasteiger partial charge in [-0.3, -0.25) is 4.79 Å². The van der Waals surface area contributed by atoms with Gasteiger partial charge >= 0.3 is 0 Å².